The van der Waals surface area contributed by atoms with Crippen LogP contribution in [0.1, 0.15) is 12.6 Å². The summed E-state index contributed by atoms with van der Waals surface area (Å²) in [5.41, 5.74) is -0.164. The zero-order valence-corrected chi connectivity index (χ0v) is 9.20. The van der Waals surface area contributed by atoms with Crippen molar-refractivity contribution < 1.29 is 13.2 Å². The third kappa shape index (κ3) is 2.33. The Morgan fingerprint density at radius 1 is 1.18 bits per heavy atom. The van der Waals surface area contributed by atoms with Gasteiger partial charge < -0.3 is 4.57 Å². The lowest BCUT2D eigenvalue weighted by molar-refractivity contribution is -0.140. The fraction of sp³-hybridized carbons (Fsp3) is 0.250. The van der Waals surface area contributed by atoms with E-state index in [1.807, 2.05) is 6.07 Å². The molecule has 1 aromatic heterocycles. The summed E-state index contributed by atoms with van der Waals surface area (Å²) >= 11 is 0. The topological polar surface area (TPSA) is 17.8 Å². The molecular formula is C12H11F3N2. The summed E-state index contributed by atoms with van der Waals surface area (Å²) < 4.78 is 39.2. The van der Waals surface area contributed by atoms with Crippen LogP contribution in [0.4, 0.5) is 13.2 Å². The monoisotopic (exact) mass is 240 g/mol. The highest BCUT2D eigenvalue weighted by Gasteiger charge is 2.34. The number of nitrogens with zero attached hydrogens (tertiary/aromatic N) is 2. The van der Waals surface area contributed by atoms with Crippen LogP contribution in [0.3, 0.4) is 0 Å². The van der Waals surface area contributed by atoms with Gasteiger partial charge in [0.2, 0.25) is 0 Å². The van der Waals surface area contributed by atoms with E-state index in [0.717, 1.165) is 6.20 Å². The first-order valence-electron chi connectivity index (χ1n) is 5.22. The van der Waals surface area contributed by atoms with Crippen LogP contribution >= 0.6 is 0 Å². The zero-order valence-electron chi connectivity index (χ0n) is 9.20. The molecule has 0 N–H and O–H groups in total. The minimum Gasteiger partial charge on any atom is -0.331 e. The van der Waals surface area contributed by atoms with E-state index in [2.05, 4.69) is 4.98 Å². The maximum absolute atomic E-state index is 12.6. The lowest BCUT2D eigenvalue weighted by atomic mass is 10.2. The molecule has 1 aromatic carbocycles. The molecule has 0 radical (unpaired) electrons. The van der Waals surface area contributed by atoms with Crippen molar-refractivity contribution in [2.24, 2.45) is 0 Å². The molecule has 90 valence electrons. The number of benzene rings is 1. The van der Waals surface area contributed by atoms with Gasteiger partial charge in [-0.15, -0.1) is 0 Å². The van der Waals surface area contributed by atoms with Crippen LogP contribution in [0, 0.1) is 0 Å². The van der Waals surface area contributed by atoms with Gasteiger partial charge in [0, 0.05) is 18.3 Å². The molecule has 0 unspecified atom stereocenters. The van der Waals surface area contributed by atoms with Crippen molar-refractivity contribution in [2.45, 2.75) is 19.6 Å². The molecule has 0 atom stereocenters. The maximum Gasteiger partial charge on any atom is 0.434 e. The minimum absolute atomic E-state index is 0.348. The minimum atomic E-state index is -4.40. The molecule has 5 heteroatoms. The quantitative estimate of drug-likeness (QED) is 0.784. The Hall–Kier alpha value is -1.78. The van der Waals surface area contributed by atoms with Crippen molar-refractivity contribution >= 4 is 0 Å². The first-order valence-corrected chi connectivity index (χ1v) is 5.22. The molecule has 0 aliphatic heterocycles. The molecule has 0 aliphatic carbocycles. The van der Waals surface area contributed by atoms with E-state index in [9.17, 15) is 13.2 Å². The smallest absolute Gasteiger partial charge is 0.331 e. The lowest BCUT2D eigenvalue weighted by Gasteiger charge is -2.03. The van der Waals surface area contributed by atoms with Gasteiger partial charge in [-0.25, -0.2) is 4.98 Å². The summed E-state index contributed by atoms with van der Waals surface area (Å²) in [6.45, 7) is 2.24. The van der Waals surface area contributed by atoms with Crippen molar-refractivity contribution in [1.29, 1.82) is 0 Å². The first kappa shape index (κ1) is 11.7. The second kappa shape index (κ2) is 4.24. The van der Waals surface area contributed by atoms with Gasteiger partial charge in [-0.1, -0.05) is 30.3 Å². The van der Waals surface area contributed by atoms with Crippen LogP contribution in [-0.2, 0) is 12.7 Å². The molecule has 0 bridgehead atoms. The highest BCUT2D eigenvalue weighted by atomic mass is 19.4. The van der Waals surface area contributed by atoms with Crippen LogP contribution in [0.2, 0.25) is 0 Å². The van der Waals surface area contributed by atoms with E-state index in [4.69, 9.17) is 0 Å². The summed E-state index contributed by atoms with van der Waals surface area (Å²) in [5.74, 6) is 0.348. The number of aromatic nitrogens is 2. The Morgan fingerprint density at radius 2 is 1.82 bits per heavy atom. The van der Waals surface area contributed by atoms with E-state index in [-0.39, 0.29) is 0 Å². The SMILES string of the molecule is CCn1cc(C(F)(F)F)nc1-c1ccccc1. The molecule has 17 heavy (non-hydrogen) atoms. The standard InChI is InChI=1S/C12H11F3N2/c1-2-17-8-10(12(13,14)15)16-11(17)9-6-4-3-5-7-9/h3-8H,2H2,1H3. The number of imidazole rings is 1. The average molecular weight is 240 g/mol. The molecule has 0 spiro atoms. The van der Waals surface area contributed by atoms with Crippen molar-refractivity contribution in [2.75, 3.05) is 0 Å². The first-order chi connectivity index (χ1) is 8.02. The Labute approximate surface area is 96.7 Å². The molecular weight excluding hydrogens is 229 g/mol. The van der Waals surface area contributed by atoms with Crippen LogP contribution in [-0.4, -0.2) is 9.55 Å². The summed E-state index contributed by atoms with van der Waals surface area (Å²) in [6.07, 6.45) is -3.35. The number of halogens is 3. The van der Waals surface area contributed by atoms with E-state index in [1.165, 1.54) is 4.57 Å². The van der Waals surface area contributed by atoms with Gasteiger partial charge in [0.15, 0.2) is 5.69 Å². The molecule has 0 aliphatic rings. The van der Waals surface area contributed by atoms with Crippen LogP contribution in [0.25, 0.3) is 11.4 Å². The zero-order chi connectivity index (χ0) is 12.5. The lowest BCUT2D eigenvalue weighted by Crippen LogP contribution is -2.05. The second-order valence-electron chi connectivity index (χ2n) is 3.60. The molecule has 0 saturated heterocycles. The van der Waals surface area contributed by atoms with Crippen LogP contribution in [0.15, 0.2) is 36.5 Å². The average Bonchev–Trinajstić information content (AvgIpc) is 2.73. The second-order valence-corrected chi connectivity index (χ2v) is 3.60. The van der Waals surface area contributed by atoms with Crippen LogP contribution in [0.5, 0.6) is 0 Å². The fourth-order valence-electron chi connectivity index (χ4n) is 1.61. The highest BCUT2D eigenvalue weighted by Crippen LogP contribution is 2.30. The van der Waals surface area contributed by atoms with Crippen molar-refractivity contribution in [1.82, 2.24) is 9.55 Å². The molecule has 0 amide bonds. The molecule has 2 rings (SSSR count). The Bertz CT molecular complexity index is 500. The largest absolute Gasteiger partial charge is 0.434 e. The Balaban J connectivity index is 2.51. The molecule has 2 nitrogen and oxygen atoms in total. The summed E-state index contributed by atoms with van der Waals surface area (Å²) in [7, 11) is 0. The van der Waals surface area contributed by atoms with Gasteiger partial charge in [0.1, 0.15) is 5.82 Å². The number of hydrogen-bond acceptors (Lipinski definition) is 1. The van der Waals surface area contributed by atoms with Crippen molar-refractivity contribution in [3.8, 4) is 11.4 Å². The molecule has 0 fully saturated rings. The fourth-order valence-corrected chi connectivity index (χ4v) is 1.61. The number of hydrogen-bond donors (Lipinski definition) is 0. The van der Waals surface area contributed by atoms with Gasteiger partial charge in [-0.2, -0.15) is 13.2 Å². The van der Waals surface area contributed by atoms with Crippen molar-refractivity contribution in [3.05, 3.63) is 42.2 Å². The highest BCUT2D eigenvalue weighted by molar-refractivity contribution is 5.55. The summed E-state index contributed by atoms with van der Waals surface area (Å²) in [5, 5.41) is 0. The Kier molecular flexibility index (Phi) is 2.92. The van der Waals surface area contributed by atoms with E-state index in [0.29, 0.717) is 17.9 Å². The Morgan fingerprint density at radius 3 is 2.35 bits per heavy atom. The van der Waals surface area contributed by atoms with E-state index in [1.54, 1.807) is 31.2 Å². The molecule has 2 aromatic rings. The van der Waals surface area contributed by atoms with Gasteiger partial charge in [0.25, 0.3) is 0 Å². The van der Waals surface area contributed by atoms with Gasteiger partial charge >= 0.3 is 6.18 Å². The number of rotatable bonds is 2. The number of alkyl halides is 3. The predicted octanol–water partition coefficient (Wildman–Crippen LogP) is 3.59. The third-order valence-corrected chi connectivity index (χ3v) is 2.44. The van der Waals surface area contributed by atoms with E-state index < -0.39 is 11.9 Å². The predicted molar refractivity (Wildman–Crippen MR) is 58.3 cm³/mol. The van der Waals surface area contributed by atoms with E-state index >= 15 is 0 Å². The molecule has 1 heterocycles. The third-order valence-electron chi connectivity index (χ3n) is 2.44. The summed E-state index contributed by atoms with van der Waals surface area (Å²) in [6, 6.07) is 8.85. The van der Waals surface area contributed by atoms with Crippen molar-refractivity contribution in [3.63, 3.8) is 0 Å². The number of aryl methyl sites for hydroxylation is 1. The van der Waals surface area contributed by atoms with Crippen LogP contribution < -0.4 is 0 Å². The molecule has 0 saturated carbocycles. The van der Waals surface area contributed by atoms with Gasteiger partial charge in [0.05, 0.1) is 0 Å². The maximum atomic E-state index is 12.6. The van der Waals surface area contributed by atoms with Gasteiger partial charge in [-0.3, -0.25) is 0 Å². The van der Waals surface area contributed by atoms with Gasteiger partial charge in [-0.05, 0) is 6.92 Å². The summed E-state index contributed by atoms with van der Waals surface area (Å²) in [4.78, 5) is 3.66. The normalized spacial score (nSPS) is 11.8.